The maximum Gasteiger partial charge on any atom is 0.138 e. The molecular weight excluding hydrogens is 256 g/mol. The zero-order valence-corrected chi connectivity index (χ0v) is 12.7. The van der Waals surface area contributed by atoms with Crippen molar-refractivity contribution in [3.05, 3.63) is 47.0 Å². The van der Waals surface area contributed by atoms with Crippen LogP contribution in [0.15, 0.2) is 34.7 Å². The van der Waals surface area contributed by atoms with Gasteiger partial charge < -0.3 is 4.42 Å². The van der Waals surface area contributed by atoms with Crippen LogP contribution in [0.3, 0.4) is 0 Å². The summed E-state index contributed by atoms with van der Waals surface area (Å²) in [6.45, 7) is 2.15. The third-order valence-corrected chi connectivity index (χ3v) is 4.87. The average Bonchev–Trinajstić information content (AvgIpc) is 2.89. The van der Waals surface area contributed by atoms with Crippen molar-refractivity contribution in [1.29, 1.82) is 0 Å². The molecule has 0 bridgehead atoms. The lowest BCUT2D eigenvalue weighted by Crippen LogP contribution is -1.94. The monoisotopic (exact) mass is 278 g/mol. The number of hydrogen-bond donors (Lipinski definition) is 0. The molecule has 1 aliphatic rings. The molecule has 21 heavy (non-hydrogen) atoms. The van der Waals surface area contributed by atoms with Crippen LogP contribution in [0.4, 0.5) is 0 Å². The molecule has 1 heterocycles. The fourth-order valence-electron chi connectivity index (χ4n) is 3.71. The highest BCUT2D eigenvalue weighted by atomic mass is 16.3. The molecule has 2 aromatic carbocycles. The fraction of sp³-hybridized carbons (Fsp3) is 0.400. The van der Waals surface area contributed by atoms with Crippen LogP contribution >= 0.6 is 0 Å². The predicted molar refractivity (Wildman–Crippen MR) is 89.0 cm³/mol. The van der Waals surface area contributed by atoms with Crippen LogP contribution in [0.1, 0.15) is 48.8 Å². The largest absolute Gasteiger partial charge is 0.456 e. The summed E-state index contributed by atoms with van der Waals surface area (Å²) in [5.41, 5.74) is 6.47. The quantitative estimate of drug-likeness (QED) is 0.495. The van der Waals surface area contributed by atoms with Crippen LogP contribution in [0, 0.1) is 6.92 Å². The molecule has 0 N–H and O–H groups in total. The number of hydrogen-bond acceptors (Lipinski definition) is 1. The van der Waals surface area contributed by atoms with Gasteiger partial charge in [0.05, 0.1) is 0 Å². The third-order valence-electron chi connectivity index (χ3n) is 4.87. The van der Waals surface area contributed by atoms with E-state index >= 15 is 0 Å². The predicted octanol–water partition coefficient (Wildman–Crippen LogP) is 5.94. The van der Waals surface area contributed by atoms with Gasteiger partial charge in [-0.15, -0.1) is 0 Å². The lowest BCUT2D eigenvalue weighted by Gasteiger charge is -2.08. The van der Waals surface area contributed by atoms with Crippen molar-refractivity contribution in [3.63, 3.8) is 0 Å². The van der Waals surface area contributed by atoms with Gasteiger partial charge in [-0.25, -0.2) is 0 Å². The molecule has 1 aliphatic carbocycles. The minimum atomic E-state index is 1.03. The van der Waals surface area contributed by atoms with E-state index in [9.17, 15) is 0 Å². The Labute approximate surface area is 126 Å². The first-order valence-electron chi connectivity index (χ1n) is 8.26. The average molecular weight is 278 g/mol. The first-order valence-corrected chi connectivity index (χ1v) is 8.26. The maximum atomic E-state index is 6.24. The van der Waals surface area contributed by atoms with Crippen LogP contribution in [0.5, 0.6) is 0 Å². The van der Waals surface area contributed by atoms with E-state index in [0.29, 0.717) is 0 Å². The standard InChI is InChI=1S/C20H22O/c1-14-9-12-19-18(13-14)17-11-10-15-7-5-3-2-4-6-8-16(15)20(17)21-19/h9-13H,2-8H2,1H3. The second kappa shape index (κ2) is 5.22. The van der Waals surface area contributed by atoms with E-state index in [-0.39, 0.29) is 0 Å². The SMILES string of the molecule is Cc1ccc2oc3c4c(ccc3c2c1)CCCCCCC4. The van der Waals surface area contributed by atoms with Gasteiger partial charge >= 0.3 is 0 Å². The van der Waals surface area contributed by atoms with Gasteiger partial charge in [0.2, 0.25) is 0 Å². The van der Waals surface area contributed by atoms with Crippen molar-refractivity contribution in [2.45, 2.75) is 51.9 Å². The fourth-order valence-corrected chi connectivity index (χ4v) is 3.71. The minimum Gasteiger partial charge on any atom is -0.456 e. The number of furan rings is 1. The van der Waals surface area contributed by atoms with E-state index < -0.39 is 0 Å². The lowest BCUT2D eigenvalue weighted by atomic mass is 9.96. The molecule has 0 fully saturated rings. The summed E-state index contributed by atoms with van der Waals surface area (Å²) in [4.78, 5) is 0. The minimum absolute atomic E-state index is 1.03. The van der Waals surface area contributed by atoms with Gasteiger partial charge in [-0.3, -0.25) is 0 Å². The summed E-state index contributed by atoms with van der Waals surface area (Å²) in [6.07, 6.45) is 9.11. The summed E-state index contributed by atoms with van der Waals surface area (Å²) in [7, 11) is 0. The molecule has 4 rings (SSSR count). The van der Waals surface area contributed by atoms with Crippen LogP contribution in [0.25, 0.3) is 21.9 Å². The molecule has 0 saturated carbocycles. The number of benzene rings is 2. The van der Waals surface area contributed by atoms with E-state index in [1.165, 1.54) is 72.4 Å². The molecule has 0 saturated heterocycles. The highest BCUT2D eigenvalue weighted by Gasteiger charge is 2.15. The molecule has 0 unspecified atom stereocenters. The number of aryl methyl sites for hydroxylation is 3. The van der Waals surface area contributed by atoms with Gasteiger partial charge in [-0.05, 0) is 55.9 Å². The van der Waals surface area contributed by atoms with Gasteiger partial charge in [0, 0.05) is 10.8 Å². The van der Waals surface area contributed by atoms with E-state index in [1.54, 1.807) is 0 Å². The van der Waals surface area contributed by atoms with Crippen LogP contribution < -0.4 is 0 Å². The zero-order valence-electron chi connectivity index (χ0n) is 12.7. The first kappa shape index (κ1) is 12.9. The van der Waals surface area contributed by atoms with E-state index in [1.807, 2.05) is 0 Å². The molecule has 1 heteroatoms. The zero-order chi connectivity index (χ0) is 14.2. The highest BCUT2D eigenvalue weighted by molar-refractivity contribution is 6.06. The van der Waals surface area contributed by atoms with Gasteiger partial charge in [-0.1, -0.05) is 43.0 Å². The molecule has 108 valence electrons. The normalized spacial score (nSPS) is 16.4. The van der Waals surface area contributed by atoms with Crippen molar-refractivity contribution >= 4 is 21.9 Å². The molecular formula is C20H22O. The Bertz CT molecular complexity index is 794. The van der Waals surface area contributed by atoms with Crippen molar-refractivity contribution < 1.29 is 4.42 Å². The topological polar surface area (TPSA) is 13.1 Å². The van der Waals surface area contributed by atoms with Gasteiger partial charge in [0.15, 0.2) is 0 Å². The maximum absolute atomic E-state index is 6.24. The Kier molecular flexibility index (Phi) is 3.21. The molecule has 3 aromatic rings. The molecule has 0 atom stereocenters. The Hall–Kier alpha value is -1.76. The summed E-state index contributed by atoms with van der Waals surface area (Å²) >= 11 is 0. The van der Waals surface area contributed by atoms with Crippen molar-refractivity contribution in [1.82, 2.24) is 0 Å². The van der Waals surface area contributed by atoms with Crippen molar-refractivity contribution in [2.75, 3.05) is 0 Å². The summed E-state index contributed by atoms with van der Waals surface area (Å²) in [6, 6.07) is 11.1. The molecule has 0 amide bonds. The van der Waals surface area contributed by atoms with Gasteiger partial charge in [0.1, 0.15) is 11.2 Å². The van der Waals surface area contributed by atoms with E-state index in [0.717, 1.165) is 11.2 Å². The Morgan fingerprint density at radius 1 is 0.810 bits per heavy atom. The van der Waals surface area contributed by atoms with Crippen molar-refractivity contribution in [3.8, 4) is 0 Å². The smallest absolute Gasteiger partial charge is 0.138 e. The second-order valence-corrected chi connectivity index (χ2v) is 6.45. The second-order valence-electron chi connectivity index (χ2n) is 6.45. The number of rotatable bonds is 0. The van der Waals surface area contributed by atoms with Crippen LogP contribution in [0.2, 0.25) is 0 Å². The summed E-state index contributed by atoms with van der Waals surface area (Å²) in [5, 5.41) is 2.57. The summed E-state index contributed by atoms with van der Waals surface area (Å²) < 4.78 is 6.24. The van der Waals surface area contributed by atoms with Crippen LogP contribution in [-0.4, -0.2) is 0 Å². The molecule has 1 nitrogen and oxygen atoms in total. The molecule has 0 aliphatic heterocycles. The lowest BCUT2D eigenvalue weighted by molar-refractivity contribution is 0.626. The van der Waals surface area contributed by atoms with E-state index in [2.05, 4.69) is 37.3 Å². The summed E-state index contributed by atoms with van der Waals surface area (Å²) in [5.74, 6) is 0. The number of fused-ring (bicyclic) bond motifs is 5. The van der Waals surface area contributed by atoms with Crippen molar-refractivity contribution in [2.24, 2.45) is 0 Å². The molecule has 0 spiro atoms. The third kappa shape index (κ3) is 2.25. The Morgan fingerprint density at radius 2 is 1.62 bits per heavy atom. The Balaban J connectivity index is 1.96. The molecule has 1 aromatic heterocycles. The van der Waals surface area contributed by atoms with Gasteiger partial charge in [0.25, 0.3) is 0 Å². The molecule has 0 radical (unpaired) electrons. The highest BCUT2D eigenvalue weighted by Crippen LogP contribution is 2.35. The van der Waals surface area contributed by atoms with E-state index in [4.69, 9.17) is 4.42 Å². The first-order chi connectivity index (χ1) is 10.3. The van der Waals surface area contributed by atoms with Gasteiger partial charge in [-0.2, -0.15) is 0 Å². The Morgan fingerprint density at radius 3 is 2.52 bits per heavy atom. The van der Waals surface area contributed by atoms with Crippen LogP contribution in [-0.2, 0) is 12.8 Å².